The molecule has 0 N–H and O–H groups in total. The van der Waals surface area contributed by atoms with Crippen LogP contribution in [0, 0.1) is 46.8 Å². The molecule has 0 spiro atoms. The Balaban J connectivity index is 1.74. The molecular weight excluding hydrogens is 192 g/mol. The van der Waals surface area contributed by atoms with Gasteiger partial charge in [-0.25, -0.2) is 0 Å². The third-order valence-corrected chi connectivity index (χ3v) is 7.53. The van der Waals surface area contributed by atoms with Gasteiger partial charge in [0.1, 0.15) is 0 Å². The Kier molecular flexibility index (Phi) is 1.34. The van der Waals surface area contributed by atoms with Crippen LogP contribution in [0.4, 0.5) is 0 Å². The Morgan fingerprint density at radius 2 is 1.44 bits per heavy atom. The molecule has 0 radical (unpaired) electrons. The lowest BCUT2D eigenvalue weighted by molar-refractivity contribution is -0.236. The minimum absolute atomic E-state index is 0.629. The molecule has 0 aromatic carbocycles. The van der Waals surface area contributed by atoms with Crippen LogP contribution in [0.25, 0.3) is 0 Å². The van der Waals surface area contributed by atoms with Crippen LogP contribution in [0.1, 0.15) is 38.5 Å². The van der Waals surface area contributed by atoms with Gasteiger partial charge in [0, 0.05) is 0 Å². The van der Waals surface area contributed by atoms with E-state index < -0.39 is 0 Å². The van der Waals surface area contributed by atoms with Crippen LogP contribution in [-0.2, 0) is 0 Å². The van der Waals surface area contributed by atoms with Crippen LogP contribution in [-0.4, -0.2) is 0 Å². The summed E-state index contributed by atoms with van der Waals surface area (Å²) in [6, 6.07) is 0. The minimum Gasteiger partial charge on any atom is -0.103 e. The summed E-state index contributed by atoms with van der Waals surface area (Å²) < 4.78 is 0. The largest absolute Gasteiger partial charge is 0.103 e. The normalized spacial score (nSPS) is 68.9. The third-order valence-electron chi connectivity index (χ3n) is 7.53. The van der Waals surface area contributed by atoms with Gasteiger partial charge in [0.05, 0.1) is 0 Å². The molecule has 7 rings (SSSR count). The van der Waals surface area contributed by atoms with Crippen molar-refractivity contribution in [1.82, 2.24) is 0 Å². The number of rotatable bonds is 1. The SMILES string of the molecule is C=CC12CC3CC4C5CC(CC41)CC2C5C3. The van der Waals surface area contributed by atoms with Gasteiger partial charge in [0.25, 0.3) is 0 Å². The highest BCUT2D eigenvalue weighted by Crippen LogP contribution is 2.76. The average Bonchev–Trinajstić information content (AvgIpc) is 2.34. The predicted molar refractivity (Wildman–Crippen MR) is 64.8 cm³/mol. The van der Waals surface area contributed by atoms with Gasteiger partial charge in [-0.2, -0.15) is 0 Å². The molecule has 0 saturated heterocycles. The van der Waals surface area contributed by atoms with E-state index >= 15 is 0 Å². The first-order valence-corrected chi connectivity index (χ1v) is 7.45. The van der Waals surface area contributed by atoms with Crippen LogP contribution in [0.2, 0.25) is 0 Å². The summed E-state index contributed by atoms with van der Waals surface area (Å²) >= 11 is 0. The standard InChI is InChI=1S/C16H22/c1-2-16-8-10-4-12-11-3-9(6-14(12)16)7-15(16)13(11)5-10/h2,9-15H,1,3-8H2. The van der Waals surface area contributed by atoms with E-state index in [1.165, 1.54) is 6.42 Å². The van der Waals surface area contributed by atoms with Gasteiger partial charge in [-0.05, 0) is 85.4 Å². The lowest BCUT2D eigenvalue weighted by atomic mass is 9.31. The first-order valence-electron chi connectivity index (χ1n) is 7.45. The Bertz CT molecular complexity index is 344. The second kappa shape index (κ2) is 2.44. The van der Waals surface area contributed by atoms with Gasteiger partial charge < -0.3 is 0 Å². The fraction of sp³-hybridized carbons (Fsp3) is 0.875. The fourth-order valence-electron chi connectivity index (χ4n) is 7.42. The first kappa shape index (κ1) is 8.78. The van der Waals surface area contributed by atoms with Crippen molar-refractivity contribution in [3.05, 3.63) is 12.7 Å². The third kappa shape index (κ3) is 0.718. The van der Waals surface area contributed by atoms with Crippen LogP contribution in [0.5, 0.6) is 0 Å². The average molecular weight is 214 g/mol. The molecular formula is C16H22. The smallest absolute Gasteiger partial charge is 0.00561 e. The Morgan fingerprint density at radius 3 is 2.06 bits per heavy atom. The van der Waals surface area contributed by atoms with Gasteiger partial charge in [-0.15, -0.1) is 6.58 Å². The zero-order valence-corrected chi connectivity index (χ0v) is 10.1. The van der Waals surface area contributed by atoms with Crippen molar-refractivity contribution in [3.63, 3.8) is 0 Å². The summed E-state index contributed by atoms with van der Waals surface area (Å²) in [5.41, 5.74) is 0.629. The molecule has 0 nitrogen and oxygen atoms in total. The maximum absolute atomic E-state index is 4.27. The summed E-state index contributed by atoms with van der Waals surface area (Å²) in [6.45, 7) is 4.27. The summed E-state index contributed by atoms with van der Waals surface area (Å²) in [4.78, 5) is 0. The summed E-state index contributed by atoms with van der Waals surface area (Å²) in [5, 5.41) is 0. The van der Waals surface area contributed by atoms with Crippen molar-refractivity contribution in [3.8, 4) is 0 Å². The highest BCUT2D eigenvalue weighted by molar-refractivity contribution is 5.22. The van der Waals surface area contributed by atoms with Crippen molar-refractivity contribution in [2.75, 3.05) is 0 Å². The maximum atomic E-state index is 4.27. The van der Waals surface area contributed by atoms with Gasteiger partial charge >= 0.3 is 0 Å². The summed E-state index contributed by atoms with van der Waals surface area (Å²) in [5.74, 6) is 7.76. The lowest BCUT2D eigenvalue weighted by Gasteiger charge is -2.74. The molecule has 4 atom stereocenters. The van der Waals surface area contributed by atoms with E-state index in [1.807, 2.05) is 0 Å². The highest BCUT2D eigenvalue weighted by Gasteiger charge is 2.68. The molecule has 0 amide bonds. The van der Waals surface area contributed by atoms with E-state index in [0.717, 1.165) is 41.4 Å². The first-order chi connectivity index (χ1) is 7.82. The van der Waals surface area contributed by atoms with E-state index in [9.17, 15) is 0 Å². The summed E-state index contributed by atoms with van der Waals surface area (Å²) in [6.07, 6.45) is 11.9. The molecule has 8 bridgehead atoms. The topological polar surface area (TPSA) is 0 Å². The number of hydrogen-bond donors (Lipinski definition) is 0. The Hall–Kier alpha value is -0.260. The summed E-state index contributed by atoms with van der Waals surface area (Å²) in [7, 11) is 0. The number of allylic oxidation sites excluding steroid dienone is 1. The molecule has 7 aliphatic rings. The number of hydrogen-bond acceptors (Lipinski definition) is 0. The van der Waals surface area contributed by atoms with Gasteiger partial charge in [-0.3, -0.25) is 0 Å². The van der Waals surface area contributed by atoms with Gasteiger partial charge in [-0.1, -0.05) is 6.08 Å². The fourth-order valence-corrected chi connectivity index (χ4v) is 7.42. The Labute approximate surface area is 98.5 Å². The van der Waals surface area contributed by atoms with Crippen molar-refractivity contribution >= 4 is 0 Å². The Morgan fingerprint density at radius 1 is 0.812 bits per heavy atom. The second-order valence-electron chi connectivity index (χ2n) is 7.64. The van der Waals surface area contributed by atoms with Crippen molar-refractivity contribution in [2.24, 2.45) is 46.8 Å². The molecule has 0 aromatic rings. The molecule has 0 aromatic heterocycles. The highest BCUT2D eigenvalue weighted by atomic mass is 14.7. The van der Waals surface area contributed by atoms with E-state index in [4.69, 9.17) is 0 Å². The molecule has 0 aliphatic heterocycles. The van der Waals surface area contributed by atoms with Crippen molar-refractivity contribution in [2.45, 2.75) is 38.5 Å². The zero-order chi connectivity index (χ0) is 10.5. The quantitative estimate of drug-likeness (QED) is 0.581. The second-order valence-corrected chi connectivity index (χ2v) is 7.64. The van der Waals surface area contributed by atoms with Crippen LogP contribution >= 0.6 is 0 Å². The van der Waals surface area contributed by atoms with Crippen molar-refractivity contribution in [1.29, 1.82) is 0 Å². The van der Waals surface area contributed by atoms with E-state index in [1.54, 1.807) is 32.1 Å². The molecule has 16 heavy (non-hydrogen) atoms. The molecule has 7 saturated carbocycles. The van der Waals surface area contributed by atoms with Crippen LogP contribution in [0.15, 0.2) is 12.7 Å². The lowest BCUT2D eigenvalue weighted by Crippen LogP contribution is -2.67. The van der Waals surface area contributed by atoms with Crippen LogP contribution < -0.4 is 0 Å². The van der Waals surface area contributed by atoms with E-state index in [2.05, 4.69) is 12.7 Å². The molecule has 4 unspecified atom stereocenters. The predicted octanol–water partition coefficient (Wildman–Crippen LogP) is 3.88. The molecule has 0 heterocycles. The molecule has 7 aliphatic carbocycles. The molecule has 7 fully saturated rings. The van der Waals surface area contributed by atoms with E-state index in [0.29, 0.717) is 5.41 Å². The van der Waals surface area contributed by atoms with Gasteiger partial charge in [0.2, 0.25) is 0 Å². The maximum Gasteiger partial charge on any atom is -0.00561 e. The zero-order valence-electron chi connectivity index (χ0n) is 10.1. The van der Waals surface area contributed by atoms with Crippen LogP contribution in [0.3, 0.4) is 0 Å². The van der Waals surface area contributed by atoms with E-state index in [-0.39, 0.29) is 0 Å². The van der Waals surface area contributed by atoms with Gasteiger partial charge in [0.15, 0.2) is 0 Å². The minimum atomic E-state index is 0.629. The molecule has 86 valence electrons. The monoisotopic (exact) mass is 214 g/mol. The van der Waals surface area contributed by atoms with Crippen molar-refractivity contribution < 1.29 is 0 Å². The molecule has 0 heteroatoms.